The third-order valence-corrected chi connectivity index (χ3v) is 4.67. The van der Waals surface area contributed by atoms with Gasteiger partial charge in [-0.15, -0.1) is 0 Å². The molecule has 0 fully saturated rings. The average Bonchev–Trinajstić information content (AvgIpc) is 2.50. The van der Waals surface area contributed by atoms with Crippen molar-refractivity contribution in [2.75, 3.05) is 23.7 Å². The minimum absolute atomic E-state index is 0.0660. The van der Waals surface area contributed by atoms with Crippen LogP contribution >= 0.6 is 0 Å². The van der Waals surface area contributed by atoms with Crippen LogP contribution in [-0.2, 0) is 21.0 Å². The predicted octanol–water partition coefficient (Wildman–Crippen LogP) is 3.17. The van der Waals surface area contributed by atoms with Crippen molar-refractivity contribution in [1.29, 1.82) is 0 Å². The Labute approximate surface area is 146 Å². The van der Waals surface area contributed by atoms with Crippen molar-refractivity contribution in [1.82, 2.24) is 5.32 Å². The van der Waals surface area contributed by atoms with Crippen LogP contribution < -0.4 is 9.62 Å². The quantitative estimate of drug-likeness (QED) is 0.669. The number of nitrogens with one attached hydrogen (secondary N) is 1. The minimum Gasteiger partial charge on any atom is -0.356 e. The topological polar surface area (TPSA) is 66.5 Å². The van der Waals surface area contributed by atoms with Gasteiger partial charge in [0.2, 0.25) is 15.9 Å². The lowest BCUT2D eigenvalue weighted by atomic mass is 10.2. The molecule has 25 heavy (non-hydrogen) atoms. The Morgan fingerprint density at radius 2 is 1.92 bits per heavy atom. The molecule has 5 nitrogen and oxygen atoms in total. The molecule has 0 heterocycles. The summed E-state index contributed by atoms with van der Waals surface area (Å²) in [4.78, 5) is 11.6. The Kier molecular flexibility index (Phi) is 7.72. The first-order valence-corrected chi connectivity index (χ1v) is 9.82. The zero-order valence-corrected chi connectivity index (χ0v) is 15.1. The largest absolute Gasteiger partial charge is 0.416 e. The van der Waals surface area contributed by atoms with E-state index < -0.39 is 21.8 Å². The van der Waals surface area contributed by atoms with Crippen molar-refractivity contribution in [2.24, 2.45) is 0 Å². The number of carbonyl (C=O) groups excluding carboxylic acids is 1. The number of unbranched alkanes of at least 4 members (excludes halogenated alkanes) is 1. The van der Waals surface area contributed by atoms with E-state index in [1.807, 2.05) is 6.92 Å². The van der Waals surface area contributed by atoms with Gasteiger partial charge in [0.05, 0.1) is 17.5 Å². The van der Waals surface area contributed by atoms with Gasteiger partial charge >= 0.3 is 6.18 Å². The van der Waals surface area contributed by atoms with E-state index in [4.69, 9.17) is 0 Å². The van der Waals surface area contributed by atoms with Crippen LogP contribution in [0.5, 0.6) is 0 Å². The molecule has 0 radical (unpaired) electrons. The maximum Gasteiger partial charge on any atom is 0.416 e. The molecule has 1 amide bonds. The molecule has 0 aliphatic heterocycles. The monoisotopic (exact) mass is 380 g/mol. The first-order valence-electron chi connectivity index (χ1n) is 7.97. The van der Waals surface area contributed by atoms with Crippen LogP contribution in [-0.4, -0.2) is 33.7 Å². The number of anilines is 1. The summed E-state index contributed by atoms with van der Waals surface area (Å²) in [5.74, 6) is -0.203. The minimum atomic E-state index is -4.56. The summed E-state index contributed by atoms with van der Waals surface area (Å²) >= 11 is 0. The Morgan fingerprint density at radius 3 is 2.48 bits per heavy atom. The standard InChI is InChI=1S/C16H23F3N2O3S/c1-3-4-10-20-15(22)9-6-11-21(25(2,23)24)14-8-5-7-13(12-14)16(17,18)19/h5,7-8,12H,3-4,6,9-11H2,1-2H3,(H,20,22). The second-order valence-electron chi connectivity index (χ2n) is 5.69. The van der Waals surface area contributed by atoms with Crippen LogP contribution in [0.2, 0.25) is 0 Å². The van der Waals surface area contributed by atoms with Crippen molar-refractivity contribution in [3.8, 4) is 0 Å². The van der Waals surface area contributed by atoms with Crippen molar-refractivity contribution in [2.45, 2.75) is 38.8 Å². The lowest BCUT2D eigenvalue weighted by Crippen LogP contribution is -2.32. The molecule has 0 aromatic heterocycles. The molecule has 0 saturated carbocycles. The molecule has 0 aliphatic carbocycles. The second kappa shape index (κ2) is 9.07. The summed E-state index contributed by atoms with van der Waals surface area (Å²) in [6.45, 7) is 2.48. The zero-order valence-electron chi connectivity index (χ0n) is 14.3. The van der Waals surface area contributed by atoms with Crippen molar-refractivity contribution in [3.05, 3.63) is 29.8 Å². The Hall–Kier alpha value is -1.77. The molecule has 0 spiro atoms. The highest BCUT2D eigenvalue weighted by molar-refractivity contribution is 7.92. The molecular weight excluding hydrogens is 357 g/mol. The maximum atomic E-state index is 12.8. The molecule has 1 aromatic rings. The van der Waals surface area contributed by atoms with Gasteiger partial charge in [-0.05, 0) is 31.0 Å². The number of hydrogen-bond donors (Lipinski definition) is 1. The highest BCUT2D eigenvalue weighted by atomic mass is 32.2. The number of carbonyl (C=O) groups is 1. The molecule has 0 saturated heterocycles. The van der Waals surface area contributed by atoms with Crippen molar-refractivity contribution >= 4 is 21.6 Å². The highest BCUT2D eigenvalue weighted by Crippen LogP contribution is 2.32. The smallest absolute Gasteiger partial charge is 0.356 e. The van der Waals surface area contributed by atoms with E-state index in [2.05, 4.69) is 5.32 Å². The fourth-order valence-electron chi connectivity index (χ4n) is 2.20. The van der Waals surface area contributed by atoms with Crippen LogP contribution in [0.3, 0.4) is 0 Å². The molecule has 0 unspecified atom stereocenters. The van der Waals surface area contributed by atoms with Crippen molar-refractivity contribution < 1.29 is 26.4 Å². The normalized spacial score (nSPS) is 12.0. The molecular formula is C16H23F3N2O3S. The van der Waals surface area contributed by atoms with Crippen LogP contribution in [0.4, 0.5) is 18.9 Å². The van der Waals surface area contributed by atoms with Gasteiger partial charge in [0.25, 0.3) is 0 Å². The van der Waals surface area contributed by atoms with Crippen LogP contribution in [0, 0.1) is 0 Å². The summed E-state index contributed by atoms with van der Waals surface area (Å²) in [6.07, 6.45) is -1.52. The molecule has 1 N–H and O–H groups in total. The van der Waals surface area contributed by atoms with E-state index in [0.717, 1.165) is 41.6 Å². The number of sulfonamides is 1. The van der Waals surface area contributed by atoms with E-state index >= 15 is 0 Å². The lowest BCUT2D eigenvalue weighted by molar-refractivity contribution is -0.137. The van der Waals surface area contributed by atoms with Crippen LogP contribution in [0.15, 0.2) is 24.3 Å². The molecule has 0 aliphatic rings. The van der Waals surface area contributed by atoms with Gasteiger partial charge in [-0.3, -0.25) is 9.10 Å². The van der Waals surface area contributed by atoms with Gasteiger partial charge in [0.15, 0.2) is 0 Å². The third kappa shape index (κ3) is 7.33. The molecule has 0 bridgehead atoms. The predicted molar refractivity (Wildman–Crippen MR) is 90.8 cm³/mol. The Balaban J connectivity index is 2.79. The maximum absolute atomic E-state index is 12.8. The zero-order chi connectivity index (χ0) is 19.1. The highest BCUT2D eigenvalue weighted by Gasteiger charge is 2.31. The molecule has 142 valence electrons. The summed E-state index contributed by atoms with van der Waals surface area (Å²) < 4.78 is 63.2. The second-order valence-corrected chi connectivity index (χ2v) is 7.60. The van der Waals surface area contributed by atoms with Gasteiger partial charge in [-0.2, -0.15) is 13.2 Å². The van der Waals surface area contributed by atoms with Crippen LogP contribution in [0.25, 0.3) is 0 Å². The van der Waals surface area contributed by atoms with Gasteiger partial charge in [-0.1, -0.05) is 19.4 Å². The fraction of sp³-hybridized carbons (Fsp3) is 0.562. The van der Waals surface area contributed by atoms with E-state index in [1.54, 1.807) is 0 Å². The number of hydrogen-bond acceptors (Lipinski definition) is 3. The first kappa shape index (κ1) is 21.3. The molecule has 0 atom stereocenters. The van der Waals surface area contributed by atoms with E-state index in [1.165, 1.54) is 6.07 Å². The molecule has 9 heteroatoms. The lowest BCUT2D eigenvalue weighted by Gasteiger charge is -2.23. The summed E-state index contributed by atoms with van der Waals surface area (Å²) in [5.41, 5.74) is -0.986. The first-order chi connectivity index (χ1) is 11.6. The van der Waals surface area contributed by atoms with Gasteiger partial charge < -0.3 is 5.32 Å². The number of alkyl halides is 3. The van der Waals surface area contributed by atoms with Gasteiger partial charge in [0.1, 0.15) is 0 Å². The number of amides is 1. The summed E-state index contributed by atoms with van der Waals surface area (Å²) in [5, 5.41) is 2.71. The van der Waals surface area contributed by atoms with E-state index in [-0.39, 0.29) is 31.0 Å². The number of nitrogens with zero attached hydrogens (tertiary/aromatic N) is 1. The number of rotatable bonds is 9. The van der Waals surface area contributed by atoms with Crippen LogP contribution in [0.1, 0.15) is 38.2 Å². The van der Waals surface area contributed by atoms with Gasteiger partial charge in [-0.25, -0.2) is 8.42 Å². The summed E-state index contributed by atoms with van der Waals surface area (Å²) in [7, 11) is -3.76. The number of benzene rings is 1. The SMILES string of the molecule is CCCCNC(=O)CCCN(c1cccc(C(F)(F)F)c1)S(C)(=O)=O. The van der Waals surface area contributed by atoms with E-state index in [0.29, 0.717) is 6.54 Å². The summed E-state index contributed by atoms with van der Waals surface area (Å²) in [6, 6.07) is 4.14. The Bertz CT molecular complexity index is 675. The van der Waals surface area contributed by atoms with Gasteiger partial charge in [0, 0.05) is 19.5 Å². The Morgan fingerprint density at radius 1 is 1.24 bits per heavy atom. The third-order valence-electron chi connectivity index (χ3n) is 3.48. The average molecular weight is 380 g/mol. The number of halogens is 3. The fourth-order valence-corrected chi connectivity index (χ4v) is 3.16. The molecule has 1 aromatic carbocycles. The van der Waals surface area contributed by atoms with Crippen molar-refractivity contribution in [3.63, 3.8) is 0 Å². The molecule has 1 rings (SSSR count). The van der Waals surface area contributed by atoms with E-state index in [9.17, 15) is 26.4 Å².